The Bertz CT molecular complexity index is 650. The Morgan fingerprint density at radius 3 is 1.88 bits per heavy atom. The van der Waals surface area contributed by atoms with Gasteiger partial charge in [0.2, 0.25) is 0 Å². The Kier molecular flexibility index (Phi) is 4.76. The molecule has 1 aromatic carbocycles. The molecule has 1 fully saturated rings. The molecule has 0 atom stereocenters. The van der Waals surface area contributed by atoms with E-state index in [2.05, 4.69) is 0 Å². The van der Waals surface area contributed by atoms with Gasteiger partial charge in [0, 0.05) is 5.56 Å². The van der Waals surface area contributed by atoms with Crippen molar-refractivity contribution in [3.63, 3.8) is 0 Å². The van der Waals surface area contributed by atoms with Gasteiger partial charge in [-0.05, 0) is 60.0 Å². The molecule has 1 heterocycles. The van der Waals surface area contributed by atoms with Crippen LogP contribution in [0.1, 0.15) is 52.7 Å². The highest BCUT2D eigenvalue weighted by atomic mass is 19.4. The molecule has 0 spiro atoms. The van der Waals surface area contributed by atoms with Crippen LogP contribution in [0, 0.1) is 6.92 Å². The van der Waals surface area contributed by atoms with Gasteiger partial charge in [-0.15, -0.1) is 0 Å². The summed E-state index contributed by atoms with van der Waals surface area (Å²) in [6.45, 7) is 11.8. The fourth-order valence-corrected chi connectivity index (χ4v) is 2.74. The van der Waals surface area contributed by atoms with Crippen LogP contribution >= 0.6 is 0 Å². The number of benzene rings is 1. The van der Waals surface area contributed by atoms with Gasteiger partial charge >= 0.3 is 13.3 Å². The Labute approximate surface area is 148 Å². The normalized spacial score (nSPS) is 20.0. The maximum atomic E-state index is 13.5. The molecule has 0 bridgehead atoms. The van der Waals surface area contributed by atoms with E-state index in [0.717, 1.165) is 13.8 Å². The first kappa shape index (κ1) is 20.1. The van der Waals surface area contributed by atoms with Crippen molar-refractivity contribution in [1.29, 1.82) is 0 Å². The third-order valence-electron chi connectivity index (χ3n) is 5.48. The van der Waals surface area contributed by atoms with E-state index < -0.39 is 29.9 Å². The van der Waals surface area contributed by atoms with Crippen LogP contribution in [0.4, 0.5) is 13.2 Å². The first-order valence-electron chi connectivity index (χ1n) is 8.25. The number of alkyl halides is 3. The molecular formula is C18H26BF3O3. The quantitative estimate of drug-likeness (QED) is 0.760. The molecular weight excluding hydrogens is 332 g/mol. The topological polar surface area (TPSA) is 27.7 Å². The van der Waals surface area contributed by atoms with Crippen molar-refractivity contribution in [2.24, 2.45) is 0 Å². The fourth-order valence-electron chi connectivity index (χ4n) is 2.74. The lowest BCUT2D eigenvalue weighted by atomic mass is 9.73. The minimum absolute atomic E-state index is 0.0975. The molecule has 7 heteroatoms. The second kappa shape index (κ2) is 5.91. The third kappa shape index (κ3) is 3.28. The number of ether oxygens (including phenoxy) is 1. The summed E-state index contributed by atoms with van der Waals surface area (Å²) in [6, 6.07) is 3.12. The molecule has 1 saturated heterocycles. The standard InChI is InChI=1S/C18H26BF3O3/c1-11-9-12(15(2,3)18(20,21)22)14(23-8)10-13(11)19-24-16(4,5)17(6,7)25-19/h9-10H,1-8H3. The highest BCUT2D eigenvalue weighted by Gasteiger charge is 2.53. The molecule has 0 aromatic heterocycles. The lowest BCUT2D eigenvalue weighted by molar-refractivity contribution is -0.180. The zero-order valence-electron chi connectivity index (χ0n) is 16.1. The van der Waals surface area contributed by atoms with Gasteiger partial charge in [0.15, 0.2) is 0 Å². The van der Waals surface area contributed by atoms with Crippen LogP contribution < -0.4 is 10.2 Å². The second-order valence-electron chi connectivity index (χ2n) is 8.12. The monoisotopic (exact) mass is 358 g/mol. The van der Waals surface area contributed by atoms with E-state index in [1.165, 1.54) is 13.2 Å². The summed E-state index contributed by atoms with van der Waals surface area (Å²) in [5.74, 6) is 0.178. The van der Waals surface area contributed by atoms with Crippen LogP contribution in [0.25, 0.3) is 0 Å². The van der Waals surface area contributed by atoms with E-state index >= 15 is 0 Å². The van der Waals surface area contributed by atoms with Gasteiger partial charge in [-0.2, -0.15) is 13.2 Å². The minimum Gasteiger partial charge on any atom is -0.496 e. The molecule has 0 aliphatic carbocycles. The van der Waals surface area contributed by atoms with E-state index in [-0.39, 0.29) is 11.3 Å². The van der Waals surface area contributed by atoms with Crippen molar-refractivity contribution in [3.05, 3.63) is 23.3 Å². The largest absolute Gasteiger partial charge is 0.496 e. The third-order valence-corrected chi connectivity index (χ3v) is 5.48. The second-order valence-corrected chi connectivity index (χ2v) is 8.12. The van der Waals surface area contributed by atoms with Gasteiger partial charge in [-0.25, -0.2) is 0 Å². The van der Waals surface area contributed by atoms with Crippen LogP contribution in [0.3, 0.4) is 0 Å². The molecule has 25 heavy (non-hydrogen) atoms. The zero-order chi connectivity index (χ0) is 19.4. The molecule has 1 aromatic rings. The summed E-state index contributed by atoms with van der Waals surface area (Å²) in [7, 11) is 0.719. The molecule has 0 radical (unpaired) electrons. The zero-order valence-corrected chi connectivity index (χ0v) is 16.1. The first-order chi connectivity index (χ1) is 11.1. The summed E-state index contributed by atoms with van der Waals surface area (Å²) in [5.41, 5.74) is -1.64. The Hall–Kier alpha value is -1.21. The van der Waals surface area contributed by atoms with E-state index in [1.807, 2.05) is 27.7 Å². The highest BCUT2D eigenvalue weighted by Crippen LogP contribution is 2.44. The number of rotatable bonds is 3. The molecule has 0 N–H and O–H groups in total. The number of aryl methyl sites for hydroxylation is 1. The number of methoxy groups -OCH3 is 1. The van der Waals surface area contributed by atoms with Gasteiger partial charge in [-0.1, -0.05) is 11.6 Å². The molecule has 2 rings (SSSR count). The Balaban J connectivity index is 2.52. The molecule has 0 amide bonds. The molecule has 140 valence electrons. The van der Waals surface area contributed by atoms with Gasteiger partial charge in [0.05, 0.1) is 23.7 Å². The highest BCUT2D eigenvalue weighted by molar-refractivity contribution is 6.62. The smallest absolute Gasteiger partial charge is 0.495 e. The van der Waals surface area contributed by atoms with Crippen LogP contribution in [0.2, 0.25) is 0 Å². The van der Waals surface area contributed by atoms with Crippen LogP contribution in [-0.2, 0) is 14.7 Å². The van der Waals surface area contributed by atoms with Gasteiger partial charge < -0.3 is 14.0 Å². The Morgan fingerprint density at radius 1 is 1.00 bits per heavy atom. The van der Waals surface area contributed by atoms with E-state index in [4.69, 9.17) is 14.0 Å². The summed E-state index contributed by atoms with van der Waals surface area (Å²) < 4.78 is 57.7. The molecule has 3 nitrogen and oxygen atoms in total. The average molecular weight is 358 g/mol. The van der Waals surface area contributed by atoms with Gasteiger partial charge in [-0.3, -0.25) is 0 Å². The van der Waals surface area contributed by atoms with Crippen molar-refractivity contribution < 1.29 is 27.2 Å². The number of hydrogen-bond donors (Lipinski definition) is 0. The van der Waals surface area contributed by atoms with Gasteiger partial charge in [0.1, 0.15) is 5.75 Å². The average Bonchev–Trinajstić information content (AvgIpc) is 2.65. The van der Waals surface area contributed by atoms with E-state index in [0.29, 0.717) is 11.0 Å². The summed E-state index contributed by atoms with van der Waals surface area (Å²) in [4.78, 5) is 0. The van der Waals surface area contributed by atoms with E-state index in [1.54, 1.807) is 13.0 Å². The SMILES string of the molecule is COc1cc(B2OC(C)(C)C(C)(C)O2)c(C)cc1C(C)(C)C(F)(F)F. The van der Waals surface area contributed by atoms with Crippen LogP contribution in [0.15, 0.2) is 12.1 Å². The maximum Gasteiger partial charge on any atom is 0.495 e. The summed E-state index contributed by atoms with van der Waals surface area (Å²) >= 11 is 0. The lowest BCUT2D eigenvalue weighted by Crippen LogP contribution is -2.41. The Morgan fingerprint density at radius 2 is 1.48 bits per heavy atom. The predicted octanol–water partition coefficient (Wildman–Crippen LogP) is 4.14. The summed E-state index contributed by atoms with van der Waals surface area (Å²) in [5, 5.41) is 0. The van der Waals surface area contributed by atoms with Gasteiger partial charge in [0.25, 0.3) is 0 Å². The van der Waals surface area contributed by atoms with Crippen molar-refractivity contribution in [2.75, 3.05) is 7.11 Å². The summed E-state index contributed by atoms with van der Waals surface area (Å²) in [6.07, 6.45) is -4.39. The number of halogens is 3. The lowest BCUT2D eigenvalue weighted by Gasteiger charge is -2.32. The first-order valence-corrected chi connectivity index (χ1v) is 8.25. The minimum atomic E-state index is -4.39. The fraction of sp³-hybridized carbons (Fsp3) is 0.667. The molecule has 1 aliphatic heterocycles. The van der Waals surface area contributed by atoms with Crippen molar-refractivity contribution in [1.82, 2.24) is 0 Å². The van der Waals surface area contributed by atoms with Crippen LogP contribution in [0.5, 0.6) is 5.75 Å². The predicted molar refractivity (Wildman–Crippen MR) is 92.5 cm³/mol. The number of hydrogen-bond acceptors (Lipinski definition) is 3. The molecule has 1 aliphatic rings. The van der Waals surface area contributed by atoms with Crippen molar-refractivity contribution >= 4 is 12.6 Å². The van der Waals surface area contributed by atoms with E-state index in [9.17, 15) is 13.2 Å². The van der Waals surface area contributed by atoms with Crippen molar-refractivity contribution in [3.8, 4) is 5.75 Å². The molecule has 0 saturated carbocycles. The molecule has 0 unspecified atom stereocenters. The van der Waals surface area contributed by atoms with Crippen LogP contribution in [-0.4, -0.2) is 31.6 Å². The van der Waals surface area contributed by atoms with Crippen molar-refractivity contribution in [2.45, 2.75) is 71.3 Å². The maximum absolute atomic E-state index is 13.5.